The second kappa shape index (κ2) is 5.40. The van der Waals surface area contributed by atoms with Crippen LogP contribution < -0.4 is 5.73 Å². The van der Waals surface area contributed by atoms with E-state index < -0.39 is 10.0 Å². The van der Waals surface area contributed by atoms with E-state index in [1.54, 1.807) is 20.1 Å². The van der Waals surface area contributed by atoms with Gasteiger partial charge in [-0.15, -0.1) is 0 Å². The van der Waals surface area contributed by atoms with Gasteiger partial charge in [-0.25, -0.2) is 8.42 Å². The Morgan fingerprint density at radius 2 is 2.16 bits per heavy atom. The lowest BCUT2D eigenvalue weighted by atomic mass is 10.2. The van der Waals surface area contributed by atoms with Crippen LogP contribution in [0.1, 0.15) is 12.0 Å². The van der Waals surface area contributed by atoms with Crippen LogP contribution in [0.5, 0.6) is 0 Å². The van der Waals surface area contributed by atoms with E-state index in [9.17, 15) is 8.42 Å². The molecule has 0 radical (unpaired) electrons. The number of aryl methyl sites for hydroxylation is 1. The SMILES string of the molecule is COC1CCN(S(=O)(=O)c2cc(N)c(Br)cc2C)C1. The van der Waals surface area contributed by atoms with Crippen molar-refractivity contribution in [1.82, 2.24) is 4.31 Å². The highest BCUT2D eigenvalue weighted by molar-refractivity contribution is 9.10. The molecule has 2 rings (SSSR count). The number of ether oxygens (including phenoxy) is 1. The highest BCUT2D eigenvalue weighted by Gasteiger charge is 2.33. The highest BCUT2D eigenvalue weighted by atomic mass is 79.9. The minimum Gasteiger partial charge on any atom is -0.398 e. The summed E-state index contributed by atoms with van der Waals surface area (Å²) < 4.78 is 32.5. The molecule has 1 saturated heterocycles. The first-order valence-corrected chi connectivity index (χ1v) is 8.18. The molecule has 1 fully saturated rings. The molecule has 0 amide bonds. The summed E-state index contributed by atoms with van der Waals surface area (Å²) in [7, 11) is -1.90. The van der Waals surface area contributed by atoms with E-state index >= 15 is 0 Å². The molecule has 2 N–H and O–H groups in total. The standard InChI is InChI=1S/C12H17BrN2O3S/c1-8-5-10(13)11(14)6-12(8)19(16,17)15-4-3-9(7-15)18-2/h5-6,9H,3-4,7,14H2,1-2H3. The minimum atomic E-state index is -3.50. The van der Waals surface area contributed by atoms with Gasteiger partial charge in [0.1, 0.15) is 0 Å². The topological polar surface area (TPSA) is 72.6 Å². The van der Waals surface area contributed by atoms with Crippen LogP contribution in [0.2, 0.25) is 0 Å². The van der Waals surface area contributed by atoms with E-state index in [0.717, 1.165) is 6.42 Å². The van der Waals surface area contributed by atoms with Crippen LogP contribution in [-0.4, -0.2) is 39.0 Å². The van der Waals surface area contributed by atoms with Crippen molar-refractivity contribution in [3.8, 4) is 0 Å². The van der Waals surface area contributed by atoms with Gasteiger partial charge in [0.05, 0.1) is 11.0 Å². The molecule has 106 valence electrons. The van der Waals surface area contributed by atoms with E-state index in [0.29, 0.717) is 28.8 Å². The number of nitrogen functional groups attached to an aromatic ring is 1. The zero-order chi connectivity index (χ0) is 14.2. The predicted molar refractivity (Wildman–Crippen MR) is 77.5 cm³/mol. The van der Waals surface area contributed by atoms with Crippen LogP contribution in [0.15, 0.2) is 21.5 Å². The van der Waals surface area contributed by atoms with E-state index in [1.807, 2.05) is 0 Å². The molecule has 1 atom stereocenters. The molecule has 1 aliphatic heterocycles. The summed E-state index contributed by atoms with van der Waals surface area (Å²) in [6.07, 6.45) is 0.698. The zero-order valence-corrected chi connectivity index (χ0v) is 13.3. The Morgan fingerprint density at radius 1 is 1.47 bits per heavy atom. The molecule has 0 spiro atoms. The van der Waals surface area contributed by atoms with Gasteiger partial charge in [-0.1, -0.05) is 0 Å². The van der Waals surface area contributed by atoms with Crippen molar-refractivity contribution >= 4 is 31.6 Å². The van der Waals surface area contributed by atoms with Crippen LogP contribution in [0, 0.1) is 6.92 Å². The van der Waals surface area contributed by atoms with E-state index in [4.69, 9.17) is 10.5 Å². The molecule has 0 bridgehead atoms. The lowest BCUT2D eigenvalue weighted by Crippen LogP contribution is -2.30. The fourth-order valence-corrected chi connectivity index (χ4v) is 4.38. The van der Waals surface area contributed by atoms with Gasteiger partial charge >= 0.3 is 0 Å². The molecule has 0 saturated carbocycles. The first kappa shape index (κ1) is 14.8. The summed E-state index contributed by atoms with van der Waals surface area (Å²) in [5.74, 6) is 0. The van der Waals surface area contributed by atoms with Crippen molar-refractivity contribution in [3.63, 3.8) is 0 Å². The van der Waals surface area contributed by atoms with Crippen molar-refractivity contribution in [2.75, 3.05) is 25.9 Å². The van der Waals surface area contributed by atoms with E-state index in [1.165, 1.54) is 10.4 Å². The van der Waals surface area contributed by atoms with Crippen molar-refractivity contribution in [2.45, 2.75) is 24.3 Å². The van der Waals surface area contributed by atoms with Crippen molar-refractivity contribution in [1.29, 1.82) is 0 Å². The Morgan fingerprint density at radius 3 is 2.74 bits per heavy atom. The molecule has 1 aromatic carbocycles. The van der Waals surface area contributed by atoms with Crippen molar-refractivity contribution < 1.29 is 13.2 Å². The van der Waals surface area contributed by atoms with Gasteiger partial charge < -0.3 is 10.5 Å². The minimum absolute atomic E-state index is 0.0251. The van der Waals surface area contributed by atoms with Crippen LogP contribution in [0.25, 0.3) is 0 Å². The highest BCUT2D eigenvalue weighted by Crippen LogP contribution is 2.30. The van der Waals surface area contributed by atoms with Gasteiger partial charge in [-0.05, 0) is 47.0 Å². The second-order valence-corrected chi connectivity index (χ2v) is 7.41. The number of nitrogens with two attached hydrogens (primary N) is 1. The van der Waals surface area contributed by atoms with Gasteiger partial charge in [-0.2, -0.15) is 4.31 Å². The van der Waals surface area contributed by atoms with Gasteiger partial charge in [0.25, 0.3) is 0 Å². The van der Waals surface area contributed by atoms with Crippen LogP contribution in [0.3, 0.4) is 0 Å². The quantitative estimate of drug-likeness (QED) is 0.844. The predicted octanol–water partition coefficient (Wildman–Crippen LogP) is 1.75. The Hall–Kier alpha value is -0.630. The molecule has 7 heteroatoms. The van der Waals surface area contributed by atoms with Crippen LogP contribution in [0.4, 0.5) is 5.69 Å². The fourth-order valence-electron chi connectivity index (χ4n) is 2.19. The third-order valence-corrected chi connectivity index (χ3v) is 6.05. The van der Waals surface area contributed by atoms with Crippen molar-refractivity contribution in [3.05, 3.63) is 22.2 Å². The molecule has 0 aliphatic carbocycles. The number of halogens is 1. The third kappa shape index (κ3) is 2.79. The molecule has 0 aromatic heterocycles. The summed E-state index contributed by atoms with van der Waals surface area (Å²) in [5, 5.41) is 0. The lowest BCUT2D eigenvalue weighted by Gasteiger charge is -2.18. The zero-order valence-electron chi connectivity index (χ0n) is 10.9. The van der Waals surface area contributed by atoms with Crippen molar-refractivity contribution in [2.24, 2.45) is 0 Å². The average Bonchev–Trinajstić information content (AvgIpc) is 2.83. The summed E-state index contributed by atoms with van der Waals surface area (Å²) in [5.41, 5.74) is 6.89. The molecule has 1 aliphatic rings. The first-order valence-electron chi connectivity index (χ1n) is 5.95. The summed E-state index contributed by atoms with van der Waals surface area (Å²) in [6.45, 7) is 2.64. The van der Waals surface area contributed by atoms with Gasteiger partial charge in [0.15, 0.2) is 0 Å². The molecule has 1 heterocycles. The summed E-state index contributed by atoms with van der Waals surface area (Å²) in [6, 6.07) is 3.24. The van der Waals surface area contributed by atoms with E-state index in [-0.39, 0.29) is 11.0 Å². The number of hydrogen-bond donors (Lipinski definition) is 1. The van der Waals surface area contributed by atoms with Gasteiger partial charge in [0.2, 0.25) is 10.0 Å². The van der Waals surface area contributed by atoms with Gasteiger partial charge in [-0.3, -0.25) is 0 Å². The Bertz CT molecular complexity index is 589. The monoisotopic (exact) mass is 348 g/mol. The Kier molecular flexibility index (Phi) is 4.20. The molecule has 5 nitrogen and oxygen atoms in total. The molecule has 19 heavy (non-hydrogen) atoms. The third-order valence-electron chi connectivity index (χ3n) is 3.35. The second-order valence-electron chi connectivity index (χ2n) is 4.65. The normalized spacial score (nSPS) is 20.9. The Labute approximate surface area is 121 Å². The fraction of sp³-hybridized carbons (Fsp3) is 0.500. The van der Waals surface area contributed by atoms with Crippen LogP contribution >= 0.6 is 15.9 Å². The summed E-state index contributed by atoms with van der Waals surface area (Å²) in [4.78, 5) is 0.268. The largest absolute Gasteiger partial charge is 0.398 e. The van der Waals surface area contributed by atoms with Gasteiger partial charge in [0, 0.05) is 30.4 Å². The molecule has 1 aromatic rings. The number of anilines is 1. The van der Waals surface area contributed by atoms with Crippen LogP contribution in [-0.2, 0) is 14.8 Å². The number of sulfonamides is 1. The number of nitrogens with zero attached hydrogens (tertiary/aromatic N) is 1. The number of hydrogen-bond acceptors (Lipinski definition) is 4. The maximum atomic E-state index is 12.6. The maximum absolute atomic E-state index is 12.6. The smallest absolute Gasteiger partial charge is 0.243 e. The number of methoxy groups -OCH3 is 1. The summed E-state index contributed by atoms with van der Waals surface area (Å²) >= 11 is 3.30. The average molecular weight is 349 g/mol. The Balaban J connectivity index is 2.38. The number of rotatable bonds is 3. The maximum Gasteiger partial charge on any atom is 0.243 e. The lowest BCUT2D eigenvalue weighted by molar-refractivity contribution is 0.115. The first-order chi connectivity index (χ1) is 8.86. The van der Waals surface area contributed by atoms with E-state index in [2.05, 4.69) is 15.9 Å². The molecular formula is C12H17BrN2O3S. The molecule has 1 unspecified atom stereocenters. The molecular weight excluding hydrogens is 332 g/mol. The number of benzene rings is 1.